The second-order valence-corrected chi connectivity index (χ2v) is 15.0. The Kier molecular flexibility index (Phi) is 8.26. The Morgan fingerprint density at radius 3 is 2.43 bits per heavy atom. The molecule has 3 fully saturated rings. The molecule has 0 spiro atoms. The number of carbonyl (C=O) groups excluding carboxylic acids is 1. The van der Waals surface area contributed by atoms with Gasteiger partial charge in [0.1, 0.15) is 10.7 Å². The number of carbonyl (C=O) groups is 1. The molecule has 2 aromatic heterocycles. The zero-order chi connectivity index (χ0) is 29.4. The van der Waals surface area contributed by atoms with Crippen LogP contribution in [0.4, 0.5) is 11.5 Å². The smallest absolute Gasteiger partial charge is 0.245 e. The number of nitrogens with zero attached hydrogens (tertiary/aromatic N) is 4. The van der Waals surface area contributed by atoms with Crippen molar-refractivity contribution in [3.8, 4) is 10.4 Å². The summed E-state index contributed by atoms with van der Waals surface area (Å²) in [5, 5.41) is 0. The summed E-state index contributed by atoms with van der Waals surface area (Å²) >= 11 is 1.50. The number of ketones is 1. The number of Topliss-reactive ketones (excluding diaryl/α,β-unsaturated/α-hetero) is 1. The molecule has 0 N–H and O–H groups in total. The van der Waals surface area contributed by atoms with Crippen LogP contribution < -0.4 is 9.80 Å². The van der Waals surface area contributed by atoms with Gasteiger partial charge in [-0.1, -0.05) is 56.2 Å². The van der Waals surface area contributed by atoms with Gasteiger partial charge in [-0.15, -0.1) is 11.3 Å². The first-order valence-electron chi connectivity index (χ1n) is 15.1. The van der Waals surface area contributed by atoms with Crippen LogP contribution >= 0.6 is 11.3 Å². The fraction of sp³-hybridized carbons (Fsp3) is 0.455. The van der Waals surface area contributed by atoms with Crippen LogP contribution in [0, 0.1) is 5.92 Å². The van der Waals surface area contributed by atoms with Crippen molar-refractivity contribution in [2.75, 3.05) is 29.4 Å². The third kappa shape index (κ3) is 5.54. The van der Waals surface area contributed by atoms with Crippen molar-refractivity contribution in [2.24, 2.45) is 5.92 Å². The van der Waals surface area contributed by atoms with Crippen LogP contribution in [-0.4, -0.2) is 55.2 Å². The molecule has 0 radical (unpaired) electrons. The number of piperazine rings is 1. The monoisotopic (exact) mass is 604 g/mol. The van der Waals surface area contributed by atoms with Crippen LogP contribution in [-0.2, 0) is 10.0 Å². The average Bonchev–Trinajstić information content (AvgIpc) is 3.64. The maximum atomic E-state index is 14.0. The van der Waals surface area contributed by atoms with Gasteiger partial charge in [0.15, 0.2) is 5.78 Å². The lowest BCUT2D eigenvalue weighted by molar-refractivity contribution is 0.102. The number of thiophene rings is 1. The minimum Gasteiger partial charge on any atom is -0.354 e. The predicted molar refractivity (Wildman–Crippen MR) is 171 cm³/mol. The van der Waals surface area contributed by atoms with E-state index in [4.69, 9.17) is 0 Å². The van der Waals surface area contributed by atoms with Gasteiger partial charge in [0, 0.05) is 42.8 Å². The van der Waals surface area contributed by atoms with Crippen molar-refractivity contribution in [3.05, 3.63) is 71.9 Å². The highest BCUT2D eigenvalue weighted by molar-refractivity contribution is 7.89. The summed E-state index contributed by atoms with van der Waals surface area (Å²) in [5.74, 6) is 1.16. The number of hydrogen-bond donors (Lipinski definition) is 0. The number of pyridine rings is 1. The standard InChI is InChI=1S/C33H40N4O3S2/c1-23-11-10-18-36(23)32-17-16-28(20-34-32)42(39,40)35-21-24(2)37(30(22-35)26-12-6-4-7-13-26)29-19-31(41-33(29)25(3)38)27-14-8-5-9-15-27/h5,8-9,14-17,19-20,23,26,30H,2,4,6-7,10-13,18,21-22H2,1,3H3/t23-,30+/m1/s1. The summed E-state index contributed by atoms with van der Waals surface area (Å²) < 4.78 is 29.6. The normalized spacial score (nSPS) is 22.6. The summed E-state index contributed by atoms with van der Waals surface area (Å²) in [6.07, 6.45) is 9.31. The van der Waals surface area contributed by atoms with Crippen LogP contribution in [0.15, 0.2) is 71.9 Å². The summed E-state index contributed by atoms with van der Waals surface area (Å²) in [7, 11) is -3.79. The molecule has 42 heavy (non-hydrogen) atoms. The van der Waals surface area contributed by atoms with Gasteiger partial charge < -0.3 is 9.80 Å². The quantitative estimate of drug-likeness (QED) is 0.271. The Labute approximate surface area is 253 Å². The van der Waals surface area contributed by atoms with Crippen molar-refractivity contribution in [1.82, 2.24) is 9.29 Å². The number of anilines is 2. The number of aromatic nitrogens is 1. The van der Waals surface area contributed by atoms with Gasteiger partial charge in [-0.05, 0) is 62.3 Å². The second kappa shape index (κ2) is 11.9. The topological polar surface area (TPSA) is 73.8 Å². The molecule has 1 saturated carbocycles. The maximum absolute atomic E-state index is 14.0. The van der Waals surface area contributed by atoms with E-state index in [1.807, 2.05) is 24.3 Å². The lowest BCUT2D eigenvalue weighted by Gasteiger charge is -2.47. The summed E-state index contributed by atoms with van der Waals surface area (Å²) in [4.78, 5) is 23.9. The zero-order valence-corrected chi connectivity index (χ0v) is 26.2. The van der Waals surface area contributed by atoms with Gasteiger partial charge in [-0.2, -0.15) is 4.31 Å². The SMILES string of the molecule is C=C1CN(S(=O)(=O)c2ccc(N3CCC[C@H]3C)nc2)C[C@@H](C2CCCCC2)N1c1cc(-c2ccccc2)sc1C(C)=O. The Hall–Kier alpha value is -3.01. The van der Waals surface area contributed by atoms with Crippen LogP contribution in [0.1, 0.15) is 68.5 Å². The van der Waals surface area contributed by atoms with Crippen LogP contribution in [0.2, 0.25) is 0 Å². The molecule has 222 valence electrons. The maximum Gasteiger partial charge on any atom is 0.245 e. The van der Waals surface area contributed by atoms with E-state index in [1.165, 1.54) is 24.0 Å². The molecule has 0 amide bonds. The van der Waals surface area contributed by atoms with E-state index in [9.17, 15) is 13.2 Å². The highest BCUT2D eigenvalue weighted by Crippen LogP contribution is 2.43. The molecule has 2 aliphatic heterocycles. The van der Waals surface area contributed by atoms with Gasteiger partial charge in [-0.3, -0.25) is 4.79 Å². The Morgan fingerprint density at radius 1 is 1.02 bits per heavy atom. The molecule has 6 rings (SSSR count). The third-order valence-corrected chi connectivity index (χ3v) is 12.2. The number of sulfonamides is 1. The number of benzene rings is 1. The van der Waals surface area contributed by atoms with E-state index >= 15 is 0 Å². The largest absolute Gasteiger partial charge is 0.354 e. The second-order valence-electron chi connectivity index (χ2n) is 12.0. The van der Waals surface area contributed by atoms with Gasteiger partial charge in [0.25, 0.3) is 0 Å². The molecule has 0 bridgehead atoms. The van der Waals surface area contributed by atoms with Crippen LogP contribution in [0.3, 0.4) is 0 Å². The van der Waals surface area contributed by atoms with E-state index in [-0.39, 0.29) is 23.3 Å². The predicted octanol–water partition coefficient (Wildman–Crippen LogP) is 6.97. The Balaban J connectivity index is 1.33. The van der Waals surface area contributed by atoms with E-state index in [1.54, 1.807) is 17.3 Å². The lowest BCUT2D eigenvalue weighted by atomic mass is 9.82. The summed E-state index contributed by atoms with van der Waals surface area (Å²) in [6, 6.07) is 16.1. The molecule has 1 aromatic carbocycles. The van der Waals surface area contributed by atoms with Crippen LogP contribution in [0.5, 0.6) is 0 Å². The van der Waals surface area contributed by atoms with E-state index in [2.05, 4.69) is 46.5 Å². The van der Waals surface area contributed by atoms with Crippen molar-refractivity contribution in [3.63, 3.8) is 0 Å². The fourth-order valence-corrected chi connectivity index (χ4v) is 9.40. The zero-order valence-electron chi connectivity index (χ0n) is 24.5. The first-order valence-corrected chi connectivity index (χ1v) is 17.4. The minimum absolute atomic E-state index is 0.0147. The molecule has 9 heteroatoms. The highest BCUT2D eigenvalue weighted by Gasteiger charge is 2.42. The van der Waals surface area contributed by atoms with E-state index in [0.29, 0.717) is 29.1 Å². The lowest BCUT2D eigenvalue weighted by Crippen LogP contribution is -2.56. The molecule has 3 aliphatic rings. The molecule has 0 unspecified atom stereocenters. The van der Waals surface area contributed by atoms with Crippen LogP contribution in [0.25, 0.3) is 10.4 Å². The van der Waals surface area contributed by atoms with Gasteiger partial charge in [0.05, 0.1) is 23.2 Å². The van der Waals surface area contributed by atoms with E-state index < -0.39 is 10.0 Å². The molecule has 2 atom stereocenters. The molecule has 3 aromatic rings. The molecule has 2 saturated heterocycles. The number of rotatable bonds is 7. The highest BCUT2D eigenvalue weighted by atomic mass is 32.2. The number of hydrogen-bond acceptors (Lipinski definition) is 7. The first kappa shape index (κ1) is 29.1. The van der Waals surface area contributed by atoms with Crippen molar-refractivity contribution in [1.29, 1.82) is 0 Å². The molecule has 7 nitrogen and oxygen atoms in total. The van der Waals surface area contributed by atoms with Crippen molar-refractivity contribution >= 4 is 38.6 Å². The molecule has 1 aliphatic carbocycles. The minimum atomic E-state index is -3.79. The van der Waals surface area contributed by atoms with Gasteiger partial charge in [0.2, 0.25) is 10.0 Å². The molecular formula is C33H40N4O3S2. The Bertz CT molecular complexity index is 1550. The third-order valence-electron chi connectivity index (χ3n) is 9.17. The van der Waals surface area contributed by atoms with Crippen molar-refractivity contribution in [2.45, 2.75) is 75.8 Å². The van der Waals surface area contributed by atoms with E-state index in [0.717, 1.165) is 67.0 Å². The summed E-state index contributed by atoms with van der Waals surface area (Å²) in [6.45, 7) is 9.69. The molecule has 4 heterocycles. The fourth-order valence-electron chi connectivity index (χ4n) is 6.95. The molecular weight excluding hydrogens is 565 g/mol. The van der Waals surface area contributed by atoms with Gasteiger partial charge >= 0.3 is 0 Å². The summed E-state index contributed by atoms with van der Waals surface area (Å²) in [5.41, 5.74) is 2.63. The van der Waals surface area contributed by atoms with Crippen molar-refractivity contribution < 1.29 is 13.2 Å². The van der Waals surface area contributed by atoms with Gasteiger partial charge in [-0.25, -0.2) is 13.4 Å². The Morgan fingerprint density at radius 2 is 1.79 bits per heavy atom. The average molecular weight is 605 g/mol. The first-order chi connectivity index (χ1) is 20.2.